The number of hydrogen-bond donors (Lipinski definition) is 2. The fraction of sp³-hybridized carbons (Fsp3) is 0.957. The van der Waals surface area contributed by atoms with Gasteiger partial charge in [0.1, 0.15) is 13.2 Å². The van der Waals surface area contributed by atoms with Crippen LogP contribution in [0.15, 0.2) is 12.2 Å². The van der Waals surface area contributed by atoms with Gasteiger partial charge in [0.15, 0.2) is 0 Å². The summed E-state index contributed by atoms with van der Waals surface area (Å²) in [6, 6.07) is -0.798. The lowest BCUT2D eigenvalue weighted by atomic mass is 10.0. The highest BCUT2D eigenvalue weighted by atomic mass is 31.2. The minimum atomic E-state index is -4.58. The van der Waals surface area contributed by atoms with Crippen molar-refractivity contribution in [1.29, 1.82) is 0 Å². The summed E-state index contributed by atoms with van der Waals surface area (Å²) in [6.07, 6.45) is 77.2. The maximum Gasteiger partial charge on any atom is 0.268 e. The number of unbranched alkanes of at least 4 members (excludes halogenated alkanes) is 51. The number of phosphoric acid groups is 1. The number of rotatable bonds is 66. The molecule has 0 bridgehead atoms. The van der Waals surface area contributed by atoms with E-state index in [0.29, 0.717) is 23.9 Å². The summed E-state index contributed by atoms with van der Waals surface area (Å²) in [5.74, 6) is -0.155. The molecule has 78 heavy (non-hydrogen) atoms. The monoisotopic (exact) mass is 1120 g/mol. The highest BCUT2D eigenvalue weighted by molar-refractivity contribution is 7.45. The van der Waals surface area contributed by atoms with Gasteiger partial charge in [-0.1, -0.05) is 341 Å². The first-order valence-corrected chi connectivity index (χ1v) is 36.5. The lowest BCUT2D eigenvalue weighted by molar-refractivity contribution is -0.870. The van der Waals surface area contributed by atoms with Gasteiger partial charge in [-0.2, -0.15) is 0 Å². The fourth-order valence-corrected chi connectivity index (χ4v) is 11.8. The van der Waals surface area contributed by atoms with E-state index in [1.807, 2.05) is 21.1 Å². The Morgan fingerprint density at radius 2 is 0.705 bits per heavy atom. The Kier molecular flexibility index (Phi) is 60.2. The number of nitrogens with one attached hydrogen (secondary N) is 1. The van der Waals surface area contributed by atoms with Crippen LogP contribution in [0.5, 0.6) is 0 Å². The van der Waals surface area contributed by atoms with Crippen LogP contribution in [-0.4, -0.2) is 68.5 Å². The molecule has 0 aromatic heterocycles. The van der Waals surface area contributed by atoms with Crippen molar-refractivity contribution in [3.63, 3.8) is 0 Å². The molecule has 0 aromatic rings. The lowest BCUT2D eigenvalue weighted by Gasteiger charge is -2.30. The maximum absolute atomic E-state index is 13.1. The number of hydrogen-bond acceptors (Lipinski definition) is 6. The van der Waals surface area contributed by atoms with E-state index in [4.69, 9.17) is 9.05 Å². The van der Waals surface area contributed by atoms with Crippen molar-refractivity contribution >= 4 is 13.7 Å². The summed E-state index contributed by atoms with van der Waals surface area (Å²) in [5, 5.41) is 14.1. The van der Waals surface area contributed by atoms with E-state index < -0.39 is 20.0 Å². The second kappa shape index (κ2) is 60.8. The van der Waals surface area contributed by atoms with Gasteiger partial charge in [0.25, 0.3) is 7.82 Å². The van der Waals surface area contributed by atoms with E-state index in [1.54, 1.807) is 0 Å². The van der Waals surface area contributed by atoms with Crippen LogP contribution in [0.25, 0.3) is 0 Å². The van der Waals surface area contributed by atoms with E-state index in [2.05, 4.69) is 31.3 Å². The molecule has 0 aromatic carbocycles. The molecule has 1 amide bonds. The van der Waals surface area contributed by atoms with Gasteiger partial charge in [-0.15, -0.1) is 0 Å². The Bertz CT molecular complexity index is 1280. The average molecular weight is 1120 g/mol. The summed E-state index contributed by atoms with van der Waals surface area (Å²) in [5.41, 5.74) is 0. The van der Waals surface area contributed by atoms with Gasteiger partial charge in [0.05, 0.1) is 39.9 Å². The lowest BCUT2D eigenvalue weighted by Crippen LogP contribution is -2.46. The molecule has 0 heterocycles. The zero-order valence-electron chi connectivity index (χ0n) is 53.4. The number of carbonyl (C=O) groups is 1. The normalized spacial score (nSPS) is 13.7. The highest BCUT2D eigenvalue weighted by Crippen LogP contribution is 2.38. The largest absolute Gasteiger partial charge is 0.756 e. The molecule has 0 spiro atoms. The number of phosphoric ester groups is 1. The van der Waals surface area contributed by atoms with Crippen LogP contribution in [0.3, 0.4) is 0 Å². The molecular weight excluding hydrogens is 984 g/mol. The molecule has 0 aliphatic rings. The predicted molar refractivity (Wildman–Crippen MR) is 339 cm³/mol. The van der Waals surface area contributed by atoms with Gasteiger partial charge in [0.2, 0.25) is 5.91 Å². The smallest absolute Gasteiger partial charge is 0.268 e. The molecule has 0 rings (SSSR count). The second-order valence-electron chi connectivity index (χ2n) is 25.6. The van der Waals surface area contributed by atoms with Gasteiger partial charge >= 0.3 is 0 Å². The Hall–Kier alpha value is -0.760. The summed E-state index contributed by atoms with van der Waals surface area (Å²) in [6.45, 7) is 4.79. The molecule has 0 radical (unpaired) electrons. The van der Waals surface area contributed by atoms with E-state index in [1.165, 1.54) is 308 Å². The van der Waals surface area contributed by atoms with Crippen molar-refractivity contribution in [3.8, 4) is 0 Å². The molecule has 8 nitrogen and oxygen atoms in total. The molecule has 3 atom stereocenters. The Morgan fingerprint density at radius 1 is 0.436 bits per heavy atom. The molecule has 2 N–H and O–H groups in total. The van der Waals surface area contributed by atoms with Gasteiger partial charge in [-0.05, 0) is 38.5 Å². The third kappa shape index (κ3) is 62.8. The van der Waals surface area contributed by atoms with Crippen molar-refractivity contribution in [1.82, 2.24) is 5.32 Å². The average Bonchev–Trinajstić information content (AvgIpc) is 3.41. The SMILES string of the molecule is CCCCCCCCCC/C=C\CCCCCCCCCCCCCCCCCCCCCCCC(=O)NC(COP(=O)([O-])OCC[N+](C)(C)C)C(O)CCCCCCCCCCCCCCCCCCCCCCCCC. The second-order valence-corrected chi connectivity index (χ2v) is 27.0. The standard InChI is InChI=1S/C69H139N2O6P/c1-6-8-10-12-14-16-18-20-22-24-26-28-30-31-32-33-34-35-36-37-38-39-41-43-45-47-49-51-53-55-57-59-61-63-69(73)70-67(66-77-78(74,75)76-65-64-71(3,4)5)68(72)62-60-58-56-54-52-50-48-46-44-42-40-29-27-25-23-21-19-17-15-13-11-9-7-2/h24,26,67-68,72H,6-23,25,27-66H2,1-5H3,(H-,70,73,74,75)/b26-24-. The van der Waals surface area contributed by atoms with Gasteiger partial charge in [-0.3, -0.25) is 9.36 Å². The highest BCUT2D eigenvalue weighted by Gasteiger charge is 2.24. The zero-order valence-corrected chi connectivity index (χ0v) is 54.3. The first-order chi connectivity index (χ1) is 38.0. The first kappa shape index (κ1) is 77.2. The van der Waals surface area contributed by atoms with Crippen LogP contribution in [0.1, 0.15) is 373 Å². The fourth-order valence-electron chi connectivity index (χ4n) is 11.0. The number of quaternary nitrogens is 1. The molecule has 0 aliphatic heterocycles. The Labute approximate surface area is 488 Å². The van der Waals surface area contributed by atoms with Gasteiger partial charge < -0.3 is 28.8 Å². The Balaban J connectivity index is 3.97. The molecule has 0 fully saturated rings. The predicted octanol–water partition coefficient (Wildman–Crippen LogP) is 21.5. The summed E-state index contributed by atoms with van der Waals surface area (Å²) in [7, 11) is 1.33. The third-order valence-corrected chi connectivity index (χ3v) is 17.5. The van der Waals surface area contributed by atoms with Gasteiger partial charge in [0, 0.05) is 6.42 Å². The van der Waals surface area contributed by atoms with E-state index in [0.717, 1.165) is 38.5 Å². The van der Waals surface area contributed by atoms with Crippen molar-refractivity contribution in [2.45, 2.75) is 386 Å². The van der Waals surface area contributed by atoms with Crippen LogP contribution in [-0.2, 0) is 18.4 Å². The van der Waals surface area contributed by atoms with E-state index in [-0.39, 0.29) is 19.1 Å². The number of aliphatic hydroxyl groups excluding tert-OH is 1. The van der Waals surface area contributed by atoms with Crippen LogP contribution in [0, 0.1) is 0 Å². The number of likely N-dealkylation sites (N-methyl/N-ethyl adjacent to an activating group) is 1. The number of aliphatic hydroxyl groups is 1. The summed E-state index contributed by atoms with van der Waals surface area (Å²) >= 11 is 0. The molecular formula is C69H139N2O6P. The van der Waals surface area contributed by atoms with Crippen LogP contribution >= 0.6 is 7.82 Å². The maximum atomic E-state index is 13.1. The van der Waals surface area contributed by atoms with Crippen LogP contribution < -0.4 is 10.2 Å². The van der Waals surface area contributed by atoms with E-state index >= 15 is 0 Å². The van der Waals surface area contributed by atoms with Crippen LogP contribution in [0.4, 0.5) is 0 Å². The van der Waals surface area contributed by atoms with Crippen LogP contribution in [0.2, 0.25) is 0 Å². The topological polar surface area (TPSA) is 108 Å². The van der Waals surface area contributed by atoms with Crippen molar-refractivity contribution in [3.05, 3.63) is 12.2 Å². The molecule has 466 valence electrons. The van der Waals surface area contributed by atoms with Crippen molar-refractivity contribution < 1.29 is 32.9 Å². The molecule has 0 saturated carbocycles. The van der Waals surface area contributed by atoms with Crippen molar-refractivity contribution in [2.24, 2.45) is 0 Å². The summed E-state index contributed by atoms with van der Waals surface area (Å²) < 4.78 is 23.5. The third-order valence-electron chi connectivity index (χ3n) is 16.5. The Morgan fingerprint density at radius 3 is 1.00 bits per heavy atom. The first-order valence-electron chi connectivity index (χ1n) is 35.0. The molecule has 9 heteroatoms. The molecule has 0 saturated heterocycles. The number of amides is 1. The number of allylic oxidation sites excluding steroid dienone is 2. The number of nitrogens with zero attached hydrogens (tertiary/aromatic N) is 1. The van der Waals surface area contributed by atoms with E-state index in [9.17, 15) is 19.4 Å². The summed E-state index contributed by atoms with van der Waals surface area (Å²) in [4.78, 5) is 25.7. The zero-order chi connectivity index (χ0) is 57.0. The minimum Gasteiger partial charge on any atom is -0.756 e. The number of carbonyl (C=O) groups excluding carboxylic acids is 1. The quantitative estimate of drug-likeness (QED) is 0.0272. The van der Waals surface area contributed by atoms with Crippen molar-refractivity contribution in [2.75, 3.05) is 40.9 Å². The minimum absolute atomic E-state index is 0.0160. The molecule has 0 aliphatic carbocycles. The van der Waals surface area contributed by atoms with Gasteiger partial charge in [-0.25, -0.2) is 0 Å². The molecule has 3 unspecified atom stereocenters.